The van der Waals surface area contributed by atoms with Crippen LogP contribution in [-0.4, -0.2) is 16.4 Å². The Hall–Kier alpha value is -1.09. The summed E-state index contributed by atoms with van der Waals surface area (Å²) in [5.74, 6) is -0.916. The van der Waals surface area contributed by atoms with E-state index in [0.29, 0.717) is 0 Å². The molecule has 0 aliphatic rings. The summed E-state index contributed by atoms with van der Waals surface area (Å²) in [5.41, 5.74) is 3.47. The van der Waals surface area contributed by atoms with Gasteiger partial charge >= 0.3 is 5.97 Å². The number of hydrogen-bond acceptors (Lipinski definition) is 1. The molecule has 3 heteroatoms. The van der Waals surface area contributed by atoms with Gasteiger partial charge < -0.3 is 5.11 Å². The topological polar surface area (TPSA) is 37.3 Å². The van der Waals surface area contributed by atoms with Crippen LogP contribution in [0.15, 0.2) is 24.3 Å². The Bertz CT molecular complexity index is 397. The average molecular weight is 283 g/mol. The van der Waals surface area contributed by atoms with Gasteiger partial charge in [-0.2, -0.15) is 0 Å². The maximum Gasteiger partial charge on any atom is 0.328 e. The Labute approximate surface area is 104 Å². The Balaban J connectivity index is 2.78. The summed E-state index contributed by atoms with van der Waals surface area (Å²) < 4.78 is 0. The van der Waals surface area contributed by atoms with Gasteiger partial charge in [0.1, 0.15) is 0 Å². The van der Waals surface area contributed by atoms with Crippen LogP contribution in [0.4, 0.5) is 0 Å². The van der Waals surface area contributed by atoms with E-state index >= 15 is 0 Å². The number of aryl methyl sites for hydroxylation is 2. The molecule has 1 aromatic carbocycles. The van der Waals surface area contributed by atoms with E-state index in [4.69, 9.17) is 5.11 Å². The van der Waals surface area contributed by atoms with Gasteiger partial charge in [0.15, 0.2) is 0 Å². The van der Waals surface area contributed by atoms with Crippen molar-refractivity contribution >= 4 is 28.0 Å². The number of alkyl halides is 1. The maximum atomic E-state index is 10.4. The summed E-state index contributed by atoms with van der Waals surface area (Å²) in [7, 11) is 0. The lowest BCUT2D eigenvalue weighted by atomic mass is 10.0. The number of carboxylic acids is 1. The van der Waals surface area contributed by atoms with Crippen LogP contribution in [0.2, 0.25) is 0 Å². The highest BCUT2D eigenvalue weighted by Gasteiger charge is 1.99. The van der Waals surface area contributed by atoms with Crippen LogP contribution >= 0.6 is 15.9 Å². The van der Waals surface area contributed by atoms with E-state index in [1.54, 1.807) is 6.08 Å². The Morgan fingerprint density at radius 2 is 2.25 bits per heavy atom. The summed E-state index contributed by atoms with van der Waals surface area (Å²) >= 11 is 3.41. The Morgan fingerprint density at radius 1 is 1.50 bits per heavy atom. The quantitative estimate of drug-likeness (QED) is 0.664. The van der Waals surface area contributed by atoms with Gasteiger partial charge in [0.05, 0.1) is 0 Å². The largest absolute Gasteiger partial charge is 0.478 e. The van der Waals surface area contributed by atoms with Crippen molar-refractivity contribution in [3.63, 3.8) is 0 Å². The lowest BCUT2D eigenvalue weighted by molar-refractivity contribution is -0.131. The Morgan fingerprint density at radius 3 is 2.81 bits per heavy atom. The number of carboxylic acid groups (broad SMARTS) is 1. The van der Waals surface area contributed by atoms with Crippen LogP contribution in [0.3, 0.4) is 0 Å². The minimum atomic E-state index is -0.916. The van der Waals surface area contributed by atoms with E-state index < -0.39 is 5.97 Å². The number of rotatable bonds is 5. The third kappa shape index (κ3) is 4.19. The molecule has 1 rings (SSSR count). The fourth-order valence-corrected chi connectivity index (χ4v) is 1.81. The second-order valence-corrected chi connectivity index (χ2v) is 4.44. The molecule has 16 heavy (non-hydrogen) atoms. The Kier molecular flexibility index (Phi) is 5.26. The first-order valence-electron chi connectivity index (χ1n) is 5.20. The first-order valence-corrected chi connectivity index (χ1v) is 6.32. The zero-order valence-electron chi connectivity index (χ0n) is 9.24. The number of carbonyl (C=O) groups is 1. The van der Waals surface area contributed by atoms with Crippen LogP contribution in [0, 0.1) is 6.92 Å². The summed E-state index contributed by atoms with van der Waals surface area (Å²) in [6, 6.07) is 6.04. The van der Waals surface area contributed by atoms with Crippen molar-refractivity contribution in [2.45, 2.75) is 19.8 Å². The van der Waals surface area contributed by atoms with Crippen LogP contribution in [0.1, 0.15) is 23.1 Å². The summed E-state index contributed by atoms with van der Waals surface area (Å²) in [6.07, 6.45) is 4.95. The molecule has 0 amide bonds. The third-order valence-electron chi connectivity index (χ3n) is 2.36. The zero-order valence-corrected chi connectivity index (χ0v) is 10.8. The van der Waals surface area contributed by atoms with Gasteiger partial charge in [-0.15, -0.1) is 0 Å². The summed E-state index contributed by atoms with van der Waals surface area (Å²) in [5, 5.41) is 9.53. The van der Waals surface area contributed by atoms with Gasteiger partial charge in [-0.25, -0.2) is 4.79 Å². The van der Waals surface area contributed by atoms with Crippen LogP contribution < -0.4 is 0 Å². The summed E-state index contributed by atoms with van der Waals surface area (Å²) in [6.45, 7) is 2.06. The molecule has 0 aromatic heterocycles. The second-order valence-electron chi connectivity index (χ2n) is 3.65. The van der Waals surface area contributed by atoms with Crippen molar-refractivity contribution in [1.82, 2.24) is 0 Å². The van der Waals surface area contributed by atoms with Gasteiger partial charge in [-0.1, -0.05) is 34.1 Å². The molecular formula is C13H15BrO2. The third-order valence-corrected chi connectivity index (χ3v) is 2.93. The smallest absolute Gasteiger partial charge is 0.328 e. The van der Waals surface area contributed by atoms with Crippen LogP contribution in [-0.2, 0) is 11.2 Å². The number of halogens is 1. The van der Waals surface area contributed by atoms with E-state index in [9.17, 15) is 4.79 Å². The molecule has 0 saturated carbocycles. The average Bonchev–Trinajstić information content (AvgIpc) is 2.25. The fourth-order valence-electron chi connectivity index (χ4n) is 1.53. The molecule has 0 atom stereocenters. The second kappa shape index (κ2) is 6.48. The van der Waals surface area contributed by atoms with Gasteiger partial charge in [0.25, 0.3) is 0 Å². The highest BCUT2D eigenvalue weighted by atomic mass is 79.9. The van der Waals surface area contributed by atoms with Gasteiger partial charge in [-0.3, -0.25) is 0 Å². The predicted octanol–water partition coefficient (Wildman–Crippen LogP) is 3.42. The molecule has 0 heterocycles. The van der Waals surface area contributed by atoms with Gasteiger partial charge in [-0.05, 0) is 42.5 Å². The molecule has 0 fully saturated rings. The first-order chi connectivity index (χ1) is 7.63. The first kappa shape index (κ1) is 13.0. The standard InChI is InChI=1S/C13H15BrO2/c1-10-9-11(5-7-13(15)16)4-6-12(10)3-2-8-14/h4-7,9H,2-3,8H2,1H3,(H,15,16)/b7-5+. The van der Waals surface area contributed by atoms with Crippen LogP contribution in [0.5, 0.6) is 0 Å². The highest BCUT2D eigenvalue weighted by molar-refractivity contribution is 9.09. The molecule has 0 radical (unpaired) electrons. The number of aliphatic carboxylic acids is 1. The van der Waals surface area contributed by atoms with Crippen molar-refractivity contribution in [3.8, 4) is 0 Å². The van der Waals surface area contributed by atoms with Crippen molar-refractivity contribution in [1.29, 1.82) is 0 Å². The molecule has 1 N–H and O–H groups in total. The van der Waals surface area contributed by atoms with Gasteiger partial charge in [0.2, 0.25) is 0 Å². The molecule has 86 valence electrons. The van der Waals surface area contributed by atoms with Crippen molar-refractivity contribution < 1.29 is 9.90 Å². The van der Waals surface area contributed by atoms with Crippen LogP contribution in [0.25, 0.3) is 6.08 Å². The monoisotopic (exact) mass is 282 g/mol. The number of benzene rings is 1. The van der Waals surface area contributed by atoms with E-state index in [2.05, 4.69) is 28.9 Å². The molecule has 0 unspecified atom stereocenters. The molecular weight excluding hydrogens is 268 g/mol. The molecule has 1 aromatic rings. The van der Waals surface area contributed by atoms with E-state index in [-0.39, 0.29) is 0 Å². The fraction of sp³-hybridized carbons (Fsp3) is 0.308. The van der Waals surface area contributed by atoms with Crippen molar-refractivity contribution in [3.05, 3.63) is 41.0 Å². The maximum absolute atomic E-state index is 10.4. The number of hydrogen-bond donors (Lipinski definition) is 1. The minimum absolute atomic E-state index is 0.916. The van der Waals surface area contributed by atoms with Gasteiger partial charge in [0, 0.05) is 11.4 Å². The predicted molar refractivity (Wildman–Crippen MR) is 70.0 cm³/mol. The molecule has 0 aliphatic heterocycles. The lowest BCUT2D eigenvalue weighted by Gasteiger charge is -2.05. The van der Waals surface area contributed by atoms with Crippen molar-refractivity contribution in [2.75, 3.05) is 5.33 Å². The molecule has 0 bridgehead atoms. The molecule has 0 spiro atoms. The lowest BCUT2D eigenvalue weighted by Crippen LogP contribution is -1.91. The van der Waals surface area contributed by atoms with E-state index in [0.717, 1.165) is 29.8 Å². The molecule has 2 nitrogen and oxygen atoms in total. The molecule has 0 saturated heterocycles. The normalized spacial score (nSPS) is 10.9. The zero-order chi connectivity index (χ0) is 12.0. The highest BCUT2D eigenvalue weighted by Crippen LogP contribution is 2.14. The van der Waals surface area contributed by atoms with E-state index in [1.807, 2.05) is 12.1 Å². The van der Waals surface area contributed by atoms with Crippen molar-refractivity contribution in [2.24, 2.45) is 0 Å². The minimum Gasteiger partial charge on any atom is -0.478 e. The van der Waals surface area contributed by atoms with E-state index in [1.165, 1.54) is 11.1 Å². The molecule has 0 aliphatic carbocycles. The summed E-state index contributed by atoms with van der Waals surface area (Å²) in [4.78, 5) is 10.4. The SMILES string of the molecule is Cc1cc(/C=C/C(=O)O)ccc1CCCBr.